The lowest BCUT2D eigenvalue weighted by molar-refractivity contribution is 0.238. The molecule has 0 radical (unpaired) electrons. The molecule has 0 aliphatic rings. The second-order valence-electron chi connectivity index (χ2n) is 4.40. The number of benzene rings is 1. The molecular weight excluding hydrogens is 204 g/mol. The Morgan fingerprint density at radius 3 is 2.75 bits per heavy atom. The van der Waals surface area contributed by atoms with Crippen molar-refractivity contribution in [1.29, 1.82) is 0 Å². The number of nitrogens with two attached hydrogens (primary N) is 1. The maximum absolute atomic E-state index is 10.8. The molecule has 0 aromatic heterocycles. The van der Waals surface area contributed by atoms with Crippen LogP contribution in [0.15, 0.2) is 24.3 Å². The highest BCUT2D eigenvalue weighted by atomic mass is 16.5. The summed E-state index contributed by atoms with van der Waals surface area (Å²) in [6, 6.07) is 7.25. The van der Waals surface area contributed by atoms with E-state index in [0.29, 0.717) is 6.42 Å². The van der Waals surface area contributed by atoms with E-state index < -0.39 is 6.03 Å². The molecule has 0 bridgehead atoms. The van der Waals surface area contributed by atoms with E-state index in [1.165, 1.54) is 0 Å². The van der Waals surface area contributed by atoms with Crippen molar-refractivity contribution in [2.75, 3.05) is 7.11 Å². The Morgan fingerprint density at radius 2 is 2.19 bits per heavy atom. The Bertz CT molecular complexity index is 375. The number of hydrogen-bond acceptors (Lipinski definition) is 2. The van der Waals surface area contributed by atoms with Crippen LogP contribution in [0.1, 0.15) is 19.4 Å². The van der Waals surface area contributed by atoms with Crippen LogP contribution in [0, 0.1) is 0 Å². The third kappa shape index (κ3) is 3.81. The Balaban J connectivity index is 2.75. The van der Waals surface area contributed by atoms with Gasteiger partial charge < -0.3 is 15.8 Å². The van der Waals surface area contributed by atoms with Gasteiger partial charge in [-0.25, -0.2) is 4.79 Å². The molecule has 4 heteroatoms. The van der Waals surface area contributed by atoms with Crippen molar-refractivity contribution < 1.29 is 9.53 Å². The number of amides is 2. The van der Waals surface area contributed by atoms with Gasteiger partial charge in [0.1, 0.15) is 5.75 Å². The summed E-state index contributed by atoms with van der Waals surface area (Å²) in [5, 5.41) is 2.70. The highest BCUT2D eigenvalue weighted by molar-refractivity contribution is 5.72. The SMILES string of the molecule is COc1cccc(CC(C)(C)NC(N)=O)c1. The Hall–Kier alpha value is -1.71. The molecule has 1 aromatic carbocycles. The molecule has 4 nitrogen and oxygen atoms in total. The summed E-state index contributed by atoms with van der Waals surface area (Å²) in [4.78, 5) is 10.8. The van der Waals surface area contributed by atoms with Crippen LogP contribution in [0.25, 0.3) is 0 Å². The highest BCUT2D eigenvalue weighted by Crippen LogP contribution is 2.17. The van der Waals surface area contributed by atoms with Crippen LogP contribution in [-0.2, 0) is 6.42 Å². The lowest BCUT2D eigenvalue weighted by Crippen LogP contribution is -2.47. The summed E-state index contributed by atoms with van der Waals surface area (Å²) in [6.45, 7) is 3.86. The van der Waals surface area contributed by atoms with E-state index in [9.17, 15) is 4.79 Å². The van der Waals surface area contributed by atoms with Gasteiger partial charge in [0.25, 0.3) is 0 Å². The number of rotatable bonds is 4. The first kappa shape index (κ1) is 12.4. The van der Waals surface area contributed by atoms with E-state index in [4.69, 9.17) is 10.5 Å². The Kier molecular flexibility index (Phi) is 3.77. The molecule has 0 aliphatic carbocycles. The molecule has 16 heavy (non-hydrogen) atoms. The molecule has 1 rings (SSSR count). The first-order chi connectivity index (χ1) is 7.43. The molecule has 0 heterocycles. The molecule has 2 amide bonds. The van der Waals surface area contributed by atoms with Crippen LogP contribution in [-0.4, -0.2) is 18.7 Å². The van der Waals surface area contributed by atoms with Crippen LogP contribution in [0.2, 0.25) is 0 Å². The van der Waals surface area contributed by atoms with E-state index in [1.54, 1.807) is 7.11 Å². The minimum Gasteiger partial charge on any atom is -0.497 e. The summed E-state index contributed by atoms with van der Waals surface area (Å²) in [5.41, 5.74) is 5.85. The second-order valence-corrected chi connectivity index (χ2v) is 4.40. The number of ether oxygens (including phenoxy) is 1. The van der Waals surface area contributed by atoms with Gasteiger partial charge in [-0.05, 0) is 38.0 Å². The number of carbonyl (C=O) groups excluding carboxylic acids is 1. The number of hydrogen-bond donors (Lipinski definition) is 2. The number of nitrogens with one attached hydrogen (secondary N) is 1. The summed E-state index contributed by atoms with van der Waals surface area (Å²) in [5.74, 6) is 0.812. The van der Waals surface area contributed by atoms with Crippen LogP contribution >= 0.6 is 0 Å². The summed E-state index contributed by atoms with van der Waals surface area (Å²) < 4.78 is 5.14. The van der Waals surface area contributed by atoms with Gasteiger partial charge in [0, 0.05) is 5.54 Å². The first-order valence-electron chi connectivity index (χ1n) is 5.13. The van der Waals surface area contributed by atoms with Crippen LogP contribution < -0.4 is 15.8 Å². The predicted molar refractivity (Wildman–Crippen MR) is 63.5 cm³/mol. The maximum atomic E-state index is 10.8. The molecule has 0 saturated carbocycles. The standard InChI is InChI=1S/C12H18N2O2/c1-12(2,14-11(13)15)8-9-5-4-6-10(7-9)16-3/h4-7H,8H2,1-3H3,(H3,13,14,15). The van der Waals surface area contributed by atoms with Gasteiger partial charge in [0.2, 0.25) is 0 Å². The van der Waals surface area contributed by atoms with Crippen molar-refractivity contribution >= 4 is 6.03 Å². The van der Waals surface area contributed by atoms with Crippen LogP contribution in [0.5, 0.6) is 5.75 Å². The van der Waals surface area contributed by atoms with E-state index in [0.717, 1.165) is 11.3 Å². The third-order valence-corrected chi connectivity index (χ3v) is 2.24. The quantitative estimate of drug-likeness (QED) is 0.814. The summed E-state index contributed by atoms with van der Waals surface area (Å²) >= 11 is 0. The van der Waals surface area contributed by atoms with E-state index in [-0.39, 0.29) is 5.54 Å². The van der Waals surface area contributed by atoms with Gasteiger partial charge in [0.05, 0.1) is 7.11 Å². The van der Waals surface area contributed by atoms with Gasteiger partial charge in [-0.15, -0.1) is 0 Å². The zero-order chi connectivity index (χ0) is 12.2. The zero-order valence-corrected chi connectivity index (χ0v) is 9.91. The number of primary amides is 1. The highest BCUT2D eigenvalue weighted by Gasteiger charge is 2.19. The van der Waals surface area contributed by atoms with Crippen molar-refractivity contribution in [2.45, 2.75) is 25.8 Å². The molecular formula is C12H18N2O2. The third-order valence-electron chi connectivity index (χ3n) is 2.24. The van der Waals surface area contributed by atoms with Crippen molar-refractivity contribution in [3.05, 3.63) is 29.8 Å². The fourth-order valence-corrected chi connectivity index (χ4v) is 1.67. The topological polar surface area (TPSA) is 64.3 Å². The van der Waals surface area contributed by atoms with Crippen LogP contribution in [0.3, 0.4) is 0 Å². The fourth-order valence-electron chi connectivity index (χ4n) is 1.67. The predicted octanol–water partition coefficient (Wildman–Crippen LogP) is 1.68. The van der Waals surface area contributed by atoms with Gasteiger partial charge in [-0.3, -0.25) is 0 Å². The Labute approximate surface area is 95.8 Å². The van der Waals surface area contributed by atoms with Crippen molar-refractivity contribution in [1.82, 2.24) is 5.32 Å². The molecule has 3 N–H and O–H groups in total. The van der Waals surface area contributed by atoms with E-state index in [1.807, 2.05) is 38.1 Å². The minimum absolute atomic E-state index is 0.363. The van der Waals surface area contributed by atoms with Gasteiger partial charge in [0.15, 0.2) is 0 Å². The van der Waals surface area contributed by atoms with E-state index in [2.05, 4.69) is 5.32 Å². The average molecular weight is 222 g/mol. The molecule has 0 atom stereocenters. The maximum Gasteiger partial charge on any atom is 0.312 e. The minimum atomic E-state index is -0.507. The Morgan fingerprint density at radius 1 is 1.50 bits per heavy atom. The van der Waals surface area contributed by atoms with E-state index >= 15 is 0 Å². The van der Waals surface area contributed by atoms with Gasteiger partial charge in [-0.2, -0.15) is 0 Å². The number of methoxy groups -OCH3 is 1. The monoisotopic (exact) mass is 222 g/mol. The smallest absolute Gasteiger partial charge is 0.312 e. The molecule has 0 fully saturated rings. The summed E-state index contributed by atoms with van der Waals surface area (Å²) in [7, 11) is 1.63. The molecule has 0 spiro atoms. The molecule has 1 aromatic rings. The molecule has 0 saturated heterocycles. The zero-order valence-electron chi connectivity index (χ0n) is 9.91. The largest absolute Gasteiger partial charge is 0.497 e. The molecule has 0 aliphatic heterocycles. The molecule has 0 unspecified atom stereocenters. The van der Waals surface area contributed by atoms with Crippen molar-refractivity contribution in [3.63, 3.8) is 0 Å². The first-order valence-corrected chi connectivity index (χ1v) is 5.13. The fraction of sp³-hybridized carbons (Fsp3) is 0.417. The number of urea groups is 1. The molecule has 88 valence electrons. The van der Waals surface area contributed by atoms with Gasteiger partial charge >= 0.3 is 6.03 Å². The average Bonchev–Trinajstić information content (AvgIpc) is 2.15. The lowest BCUT2D eigenvalue weighted by Gasteiger charge is -2.25. The van der Waals surface area contributed by atoms with Crippen LogP contribution in [0.4, 0.5) is 4.79 Å². The normalized spacial score (nSPS) is 10.9. The van der Waals surface area contributed by atoms with Gasteiger partial charge in [-0.1, -0.05) is 12.1 Å². The van der Waals surface area contributed by atoms with Crippen molar-refractivity contribution in [2.24, 2.45) is 5.73 Å². The second kappa shape index (κ2) is 4.88. The van der Waals surface area contributed by atoms with Crippen molar-refractivity contribution in [3.8, 4) is 5.75 Å². The number of carbonyl (C=O) groups is 1. The summed E-state index contributed by atoms with van der Waals surface area (Å²) in [6.07, 6.45) is 0.702. The lowest BCUT2D eigenvalue weighted by atomic mass is 9.95.